The number of nitrogens with zero attached hydrogens (tertiary/aromatic N) is 1. The van der Waals surface area contributed by atoms with Crippen LogP contribution < -0.4 is 24.7 Å². The molecule has 136 valence electrons. The zero-order chi connectivity index (χ0) is 18.7. The van der Waals surface area contributed by atoms with Crippen molar-refractivity contribution in [2.75, 3.05) is 34.2 Å². The monoisotopic (exact) mass is 420 g/mol. The van der Waals surface area contributed by atoms with Crippen molar-refractivity contribution < 1.29 is 18.9 Å². The average Bonchev–Trinajstić information content (AvgIpc) is 3.16. The van der Waals surface area contributed by atoms with E-state index in [1.54, 1.807) is 28.4 Å². The summed E-state index contributed by atoms with van der Waals surface area (Å²) in [7, 11) is 6.41. The zero-order valence-corrected chi connectivity index (χ0v) is 16.7. The van der Waals surface area contributed by atoms with Crippen molar-refractivity contribution in [3.05, 3.63) is 36.5 Å². The number of hydrogen-bond acceptors (Lipinski definition) is 6. The van der Waals surface area contributed by atoms with Crippen LogP contribution in [0.15, 0.2) is 36.5 Å². The van der Waals surface area contributed by atoms with Crippen molar-refractivity contribution in [1.29, 1.82) is 0 Å². The Balaban J connectivity index is 2.13. The van der Waals surface area contributed by atoms with Crippen LogP contribution in [0.4, 0.5) is 5.69 Å². The summed E-state index contributed by atoms with van der Waals surface area (Å²) in [4.78, 5) is 0. The van der Waals surface area contributed by atoms with E-state index in [4.69, 9.17) is 24.7 Å². The molecule has 2 N–H and O–H groups in total. The second-order valence-electron chi connectivity index (χ2n) is 5.44. The molecule has 0 saturated carbocycles. The average molecular weight is 419 g/mol. The molecule has 7 heteroatoms. The second kappa shape index (κ2) is 7.72. The number of benzene rings is 2. The molecule has 6 nitrogen and oxygen atoms in total. The Bertz CT molecular complexity index is 899. The van der Waals surface area contributed by atoms with Gasteiger partial charge in [-0.2, -0.15) is 0 Å². The predicted molar refractivity (Wildman–Crippen MR) is 103 cm³/mol. The van der Waals surface area contributed by atoms with Gasteiger partial charge in [-0.15, -0.1) is 0 Å². The third-order valence-corrected chi connectivity index (χ3v) is 5.82. The van der Waals surface area contributed by atoms with Crippen molar-refractivity contribution in [2.45, 2.75) is 0 Å². The van der Waals surface area contributed by atoms with Gasteiger partial charge in [-0.05, 0) is 0 Å². The molecule has 0 aliphatic rings. The molecule has 0 spiro atoms. The Kier molecular flexibility index (Phi) is 5.40. The third-order valence-electron chi connectivity index (χ3n) is 4.04. The van der Waals surface area contributed by atoms with Gasteiger partial charge in [-0.1, -0.05) is 0 Å². The molecule has 1 aromatic heterocycles. The number of nitrogen functional groups attached to an aromatic ring is 1. The normalized spacial score (nSPS) is 10.5. The van der Waals surface area contributed by atoms with Crippen LogP contribution in [-0.4, -0.2) is 47.2 Å². The summed E-state index contributed by atoms with van der Waals surface area (Å²) in [5.41, 5.74) is 9.68. The van der Waals surface area contributed by atoms with Gasteiger partial charge in [-0.3, -0.25) is 0 Å². The van der Waals surface area contributed by atoms with Crippen LogP contribution in [0.3, 0.4) is 0 Å². The molecule has 0 aliphatic carbocycles. The van der Waals surface area contributed by atoms with Crippen LogP contribution in [0, 0.1) is 0 Å². The summed E-state index contributed by atoms with van der Waals surface area (Å²) in [6, 6.07) is 9.64. The minimum atomic E-state index is -0.0470. The molecule has 0 unspecified atom stereocenters. The molecule has 3 aromatic rings. The van der Waals surface area contributed by atoms with Gasteiger partial charge in [0.2, 0.25) is 0 Å². The number of hydrogen-bond donors (Lipinski definition) is 1. The Hall–Kier alpha value is -2.63. The van der Waals surface area contributed by atoms with E-state index in [0.717, 1.165) is 21.1 Å². The standard InChI is InChI=1S/C19H20N2O4Se/c1-22-15-6-5-11(7-14(15)20)13-10-21-26-19(13)12-8-16(23-2)18(25-4)17(9-12)24-3/h5-10H,20H2,1-4H3. The third kappa shape index (κ3) is 3.23. The molecule has 26 heavy (non-hydrogen) atoms. The Labute approximate surface area is 158 Å². The first kappa shape index (κ1) is 18.2. The molecule has 0 saturated heterocycles. The topological polar surface area (TPSA) is 75.8 Å². The maximum absolute atomic E-state index is 6.07. The predicted octanol–water partition coefficient (Wildman–Crippen LogP) is 3.09. The van der Waals surface area contributed by atoms with E-state index in [1.165, 1.54) is 0 Å². The second-order valence-corrected chi connectivity index (χ2v) is 7.12. The maximum atomic E-state index is 6.07. The van der Waals surface area contributed by atoms with Crippen molar-refractivity contribution in [3.8, 4) is 44.1 Å². The molecule has 0 fully saturated rings. The van der Waals surface area contributed by atoms with Crippen LogP contribution in [0.2, 0.25) is 0 Å². The molecular formula is C19H20N2O4Se. The van der Waals surface area contributed by atoms with Crippen LogP contribution in [0.1, 0.15) is 0 Å². The summed E-state index contributed by atoms with van der Waals surface area (Å²) in [5.74, 6) is 2.46. The fourth-order valence-electron chi connectivity index (χ4n) is 2.77. The van der Waals surface area contributed by atoms with Gasteiger partial charge < -0.3 is 0 Å². The van der Waals surface area contributed by atoms with Gasteiger partial charge >= 0.3 is 158 Å². The van der Waals surface area contributed by atoms with Gasteiger partial charge in [0, 0.05) is 0 Å². The summed E-state index contributed by atoms with van der Waals surface area (Å²) >= 11 is -0.0470. The summed E-state index contributed by atoms with van der Waals surface area (Å²) in [6.07, 6.45) is 1.89. The van der Waals surface area contributed by atoms with Crippen LogP contribution in [0.25, 0.3) is 21.1 Å². The van der Waals surface area contributed by atoms with Gasteiger partial charge in [0.05, 0.1) is 0 Å². The molecule has 2 aromatic carbocycles. The van der Waals surface area contributed by atoms with Crippen LogP contribution in [0.5, 0.6) is 23.0 Å². The number of nitrogens with two attached hydrogens (primary N) is 1. The molecule has 0 amide bonds. The van der Waals surface area contributed by atoms with Crippen molar-refractivity contribution >= 4 is 20.4 Å². The van der Waals surface area contributed by atoms with E-state index in [1.807, 2.05) is 36.5 Å². The molecule has 0 atom stereocenters. The molecule has 3 rings (SSSR count). The molecule has 0 radical (unpaired) electrons. The number of ether oxygens (including phenoxy) is 4. The van der Waals surface area contributed by atoms with Crippen LogP contribution >= 0.6 is 0 Å². The van der Waals surface area contributed by atoms with E-state index in [0.29, 0.717) is 28.7 Å². The first-order valence-corrected chi connectivity index (χ1v) is 9.44. The van der Waals surface area contributed by atoms with Gasteiger partial charge in [-0.25, -0.2) is 0 Å². The molecule has 1 heterocycles. The van der Waals surface area contributed by atoms with E-state index < -0.39 is 0 Å². The molecular weight excluding hydrogens is 399 g/mol. The fraction of sp³-hybridized carbons (Fsp3) is 0.211. The molecule has 0 aliphatic heterocycles. The fourth-order valence-corrected chi connectivity index (χ4v) is 4.35. The Morgan fingerprint density at radius 3 is 2.00 bits per heavy atom. The molecule has 0 bridgehead atoms. The number of anilines is 1. The summed E-state index contributed by atoms with van der Waals surface area (Å²) in [6.45, 7) is 0. The van der Waals surface area contributed by atoms with Gasteiger partial charge in [0.1, 0.15) is 0 Å². The Morgan fingerprint density at radius 2 is 1.46 bits per heavy atom. The van der Waals surface area contributed by atoms with E-state index in [-0.39, 0.29) is 14.7 Å². The first-order valence-electron chi connectivity index (χ1n) is 7.81. The van der Waals surface area contributed by atoms with Crippen molar-refractivity contribution in [2.24, 2.45) is 0 Å². The number of methoxy groups -OCH3 is 4. The van der Waals surface area contributed by atoms with E-state index in [9.17, 15) is 0 Å². The number of rotatable bonds is 6. The van der Waals surface area contributed by atoms with Crippen molar-refractivity contribution in [1.82, 2.24) is 3.98 Å². The van der Waals surface area contributed by atoms with Gasteiger partial charge in [0.25, 0.3) is 0 Å². The summed E-state index contributed by atoms with van der Waals surface area (Å²) < 4.78 is 27.2. The minimum absolute atomic E-state index is 0.0470. The zero-order valence-electron chi connectivity index (χ0n) is 15.0. The van der Waals surface area contributed by atoms with Crippen LogP contribution in [-0.2, 0) is 0 Å². The van der Waals surface area contributed by atoms with E-state index >= 15 is 0 Å². The van der Waals surface area contributed by atoms with Gasteiger partial charge in [0.15, 0.2) is 0 Å². The first-order chi connectivity index (χ1) is 12.6. The van der Waals surface area contributed by atoms with Crippen molar-refractivity contribution in [3.63, 3.8) is 0 Å². The SMILES string of the molecule is COc1ccc(-c2cn[se]c2-c2cc(OC)c(OC)c(OC)c2)cc1N. The van der Waals surface area contributed by atoms with E-state index in [2.05, 4.69) is 3.98 Å². The quantitative estimate of drug-likeness (QED) is 0.489. The Morgan fingerprint density at radius 1 is 0.808 bits per heavy atom. The summed E-state index contributed by atoms with van der Waals surface area (Å²) in [5, 5.41) is 0. The number of aromatic nitrogens is 1.